The van der Waals surface area contributed by atoms with Crippen LogP contribution in [-0.4, -0.2) is 26.5 Å². The Labute approximate surface area is 141 Å². The Morgan fingerprint density at radius 3 is 2.54 bits per heavy atom. The van der Waals surface area contributed by atoms with Crippen LogP contribution in [0.4, 0.5) is 11.5 Å². The molecule has 0 radical (unpaired) electrons. The highest BCUT2D eigenvalue weighted by atomic mass is 32.2. The molecule has 1 N–H and O–H groups in total. The SMILES string of the molecule is Cc1cc(C#N)ccc1S(=O)(=O)Nc1ccc(N2CCCC2)cn1. The molecule has 0 bridgehead atoms. The number of aryl methyl sites for hydroxylation is 1. The second-order valence-electron chi connectivity index (χ2n) is 5.79. The largest absolute Gasteiger partial charge is 0.370 e. The smallest absolute Gasteiger partial charge is 0.263 e. The predicted molar refractivity (Wildman–Crippen MR) is 92.4 cm³/mol. The predicted octanol–water partition coefficient (Wildman–Crippen LogP) is 2.66. The van der Waals surface area contributed by atoms with Crippen molar-refractivity contribution in [1.82, 2.24) is 4.98 Å². The van der Waals surface area contributed by atoms with Crippen molar-refractivity contribution in [3.8, 4) is 6.07 Å². The van der Waals surface area contributed by atoms with E-state index >= 15 is 0 Å². The van der Waals surface area contributed by atoms with E-state index in [0.717, 1.165) is 18.8 Å². The molecule has 1 saturated heterocycles. The van der Waals surface area contributed by atoms with Gasteiger partial charge in [-0.15, -0.1) is 0 Å². The first-order valence-corrected chi connectivity index (χ1v) is 9.22. The summed E-state index contributed by atoms with van der Waals surface area (Å²) < 4.78 is 27.5. The molecule has 7 heteroatoms. The maximum absolute atomic E-state index is 12.5. The fraction of sp³-hybridized carbons (Fsp3) is 0.294. The number of anilines is 2. The van der Waals surface area contributed by atoms with Crippen LogP contribution >= 0.6 is 0 Å². The molecule has 6 nitrogen and oxygen atoms in total. The van der Waals surface area contributed by atoms with Crippen molar-refractivity contribution in [3.05, 3.63) is 47.7 Å². The fourth-order valence-corrected chi connectivity index (χ4v) is 4.06. The van der Waals surface area contributed by atoms with Crippen molar-refractivity contribution in [2.75, 3.05) is 22.7 Å². The minimum Gasteiger partial charge on any atom is -0.370 e. The molecular weight excluding hydrogens is 324 g/mol. The quantitative estimate of drug-likeness (QED) is 0.923. The zero-order chi connectivity index (χ0) is 17.2. The minimum atomic E-state index is -3.74. The topological polar surface area (TPSA) is 86.1 Å². The molecule has 24 heavy (non-hydrogen) atoms. The van der Waals surface area contributed by atoms with E-state index in [1.54, 1.807) is 25.3 Å². The van der Waals surface area contributed by atoms with E-state index in [4.69, 9.17) is 5.26 Å². The summed E-state index contributed by atoms with van der Waals surface area (Å²) in [6, 6.07) is 10.0. The van der Waals surface area contributed by atoms with Crippen LogP contribution in [0, 0.1) is 18.3 Å². The van der Waals surface area contributed by atoms with Gasteiger partial charge in [0, 0.05) is 13.1 Å². The number of nitrogens with one attached hydrogen (secondary N) is 1. The van der Waals surface area contributed by atoms with Gasteiger partial charge in [-0.05, 0) is 55.7 Å². The van der Waals surface area contributed by atoms with Crippen LogP contribution in [0.3, 0.4) is 0 Å². The van der Waals surface area contributed by atoms with Gasteiger partial charge in [-0.25, -0.2) is 13.4 Å². The summed E-state index contributed by atoms with van der Waals surface area (Å²) in [7, 11) is -3.74. The number of rotatable bonds is 4. The van der Waals surface area contributed by atoms with Crippen molar-refractivity contribution in [2.45, 2.75) is 24.7 Å². The molecule has 1 aromatic carbocycles. The second kappa shape index (κ2) is 6.49. The van der Waals surface area contributed by atoms with E-state index in [0.29, 0.717) is 11.1 Å². The van der Waals surface area contributed by atoms with E-state index in [-0.39, 0.29) is 10.7 Å². The maximum Gasteiger partial charge on any atom is 0.263 e. The van der Waals surface area contributed by atoms with Crippen LogP contribution in [0.2, 0.25) is 0 Å². The zero-order valence-electron chi connectivity index (χ0n) is 13.4. The van der Waals surface area contributed by atoms with Crippen molar-refractivity contribution in [1.29, 1.82) is 5.26 Å². The van der Waals surface area contributed by atoms with Gasteiger partial charge in [-0.2, -0.15) is 5.26 Å². The van der Waals surface area contributed by atoms with E-state index in [1.165, 1.54) is 25.0 Å². The number of pyridine rings is 1. The lowest BCUT2D eigenvalue weighted by Gasteiger charge is -2.17. The summed E-state index contributed by atoms with van der Waals surface area (Å²) in [6.45, 7) is 3.69. The molecule has 0 aliphatic carbocycles. The minimum absolute atomic E-state index is 0.145. The van der Waals surface area contributed by atoms with Gasteiger partial charge in [-0.3, -0.25) is 4.72 Å². The fourth-order valence-electron chi connectivity index (χ4n) is 2.82. The number of nitriles is 1. The third-order valence-electron chi connectivity index (χ3n) is 4.05. The van der Waals surface area contributed by atoms with E-state index < -0.39 is 10.0 Å². The Morgan fingerprint density at radius 1 is 1.21 bits per heavy atom. The summed E-state index contributed by atoms with van der Waals surface area (Å²) in [6.07, 6.45) is 4.04. The summed E-state index contributed by atoms with van der Waals surface area (Å²) in [5.41, 5.74) is 1.96. The highest BCUT2D eigenvalue weighted by molar-refractivity contribution is 7.92. The normalized spacial score (nSPS) is 14.4. The number of hydrogen-bond donors (Lipinski definition) is 1. The molecule has 0 unspecified atom stereocenters. The van der Waals surface area contributed by atoms with Gasteiger partial charge in [0.1, 0.15) is 5.82 Å². The summed E-state index contributed by atoms with van der Waals surface area (Å²) in [5.74, 6) is 0.279. The molecule has 1 aliphatic heterocycles. The number of benzene rings is 1. The lowest BCUT2D eigenvalue weighted by molar-refractivity contribution is 0.600. The molecule has 0 saturated carbocycles. The van der Waals surface area contributed by atoms with E-state index in [2.05, 4.69) is 14.6 Å². The lowest BCUT2D eigenvalue weighted by Crippen LogP contribution is -2.18. The number of sulfonamides is 1. The Hall–Kier alpha value is -2.59. The first-order chi connectivity index (χ1) is 11.5. The average Bonchev–Trinajstić information content (AvgIpc) is 3.09. The highest BCUT2D eigenvalue weighted by Gasteiger charge is 2.18. The number of aromatic nitrogens is 1. The van der Waals surface area contributed by atoms with Gasteiger partial charge >= 0.3 is 0 Å². The molecular formula is C17H18N4O2S. The van der Waals surface area contributed by atoms with Gasteiger partial charge in [0.15, 0.2) is 0 Å². The van der Waals surface area contributed by atoms with Crippen molar-refractivity contribution >= 4 is 21.5 Å². The molecule has 124 valence electrons. The Balaban J connectivity index is 1.80. The average molecular weight is 342 g/mol. The lowest BCUT2D eigenvalue weighted by atomic mass is 10.2. The maximum atomic E-state index is 12.5. The van der Waals surface area contributed by atoms with Gasteiger partial charge in [0.25, 0.3) is 10.0 Å². The summed E-state index contributed by atoms with van der Waals surface area (Å²) >= 11 is 0. The van der Waals surface area contributed by atoms with Gasteiger partial charge in [-0.1, -0.05) is 0 Å². The molecule has 3 rings (SSSR count). The first-order valence-electron chi connectivity index (χ1n) is 7.74. The molecule has 2 heterocycles. The Bertz CT molecular complexity index is 880. The molecule has 2 aromatic rings. The third-order valence-corrected chi connectivity index (χ3v) is 5.57. The standard InChI is InChI=1S/C17H18N4O2S/c1-13-10-14(11-18)4-6-16(13)24(22,23)20-17-7-5-15(12-19-17)21-8-2-3-9-21/h4-7,10,12H,2-3,8-9H2,1H3,(H,19,20). The highest BCUT2D eigenvalue weighted by Crippen LogP contribution is 2.23. The number of hydrogen-bond acceptors (Lipinski definition) is 5. The third kappa shape index (κ3) is 3.34. The molecule has 0 atom stereocenters. The van der Waals surface area contributed by atoms with Gasteiger partial charge in [0.2, 0.25) is 0 Å². The number of nitrogens with zero attached hydrogens (tertiary/aromatic N) is 3. The van der Waals surface area contributed by atoms with Gasteiger partial charge in [0.05, 0.1) is 28.4 Å². The van der Waals surface area contributed by atoms with Crippen molar-refractivity contribution in [3.63, 3.8) is 0 Å². The van der Waals surface area contributed by atoms with Crippen LogP contribution in [0.15, 0.2) is 41.4 Å². The molecule has 1 fully saturated rings. The zero-order valence-corrected chi connectivity index (χ0v) is 14.2. The van der Waals surface area contributed by atoms with Gasteiger partial charge < -0.3 is 4.90 Å². The molecule has 1 aliphatic rings. The second-order valence-corrected chi connectivity index (χ2v) is 7.44. The van der Waals surface area contributed by atoms with Crippen molar-refractivity contribution in [2.24, 2.45) is 0 Å². The van der Waals surface area contributed by atoms with Crippen molar-refractivity contribution < 1.29 is 8.42 Å². The monoisotopic (exact) mass is 342 g/mol. The molecule has 0 spiro atoms. The summed E-state index contributed by atoms with van der Waals surface area (Å²) in [5, 5.41) is 8.88. The van der Waals surface area contributed by atoms with Crippen LogP contribution < -0.4 is 9.62 Å². The molecule has 1 aromatic heterocycles. The Morgan fingerprint density at radius 2 is 1.96 bits per heavy atom. The van der Waals surface area contributed by atoms with Crippen LogP contribution in [0.5, 0.6) is 0 Å². The van der Waals surface area contributed by atoms with E-state index in [9.17, 15) is 8.42 Å². The first kappa shape index (κ1) is 16.3. The van der Waals surface area contributed by atoms with Crippen LogP contribution in [-0.2, 0) is 10.0 Å². The van der Waals surface area contributed by atoms with Crippen LogP contribution in [0.1, 0.15) is 24.0 Å². The summed E-state index contributed by atoms with van der Waals surface area (Å²) in [4.78, 5) is 6.59. The van der Waals surface area contributed by atoms with E-state index in [1.807, 2.05) is 12.1 Å². The molecule has 0 amide bonds. The Kier molecular flexibility index (Phi) is 4.40. The van der Waals surface area contributed by atoms with Crippen LogP contribution in [0.25, 0.3) is 0 Å².